The molecule has 0 aliphatic carbocycles. The Balaban J connectivity index is 2.09. The minimum absolute atomic E-state index is 0.0583. The van der Waals surface area contributed by atoms with Crippen molar-refractivity contribution in [2.24, 2.45) is 12.8 Å². The molecule has 21 heavy (non-hydrogen) atoms. The van der Waals surface area contributed by atoms with Crippen LogP contribution in [0, 0.1) is 0 Å². The van der Waals surface area contributed by atoms with Gasteiger partial charge in [0.05, 0.1) is 18.1 Å². The van der Waals surface area contributed by atoms with Gasteiger partial charge in [-0.05, 0) is 12.1 Å². The van der Waals surface area contributed by atoms with Crippen molar-refractivity contribution in [3.63, 3.8) is 0 Å². The Morgan fingerprint density at radius 2 is 2.10 bits per heavy atom. The number of hydrogen-bond donors (Lipinski definition) is 2. The van der Waals surface area contributed by atoms with E-state index >= 15 is 0 Å². The molecule has 8 nitrogen and oxygen atoms in total. The Bertz CT molecular complexity index is 751. The number of anilines is 1. The molecule has 0 saturated carbocycles. The first-order valence-corrected chi connectivity index (χ1v) is 7.87. The number of nitrogens with zero attached hydrogens (tertiary/aromatic N) is 3. The van der Waals surface area contributed by atoms with Gasteiger partial charge in [-0.2, -0.15) is 5.10 Å². The number of sulfone groups is 1. The molecule has 2 rings (SSSR count). The molecule has 1 atom stereocenters. The molecule has 2 heterocycles. The molecule has 0 aliphatic rings. The number of carbonyl (C=O) groups excluding carboxylic acids is 1. The molecule has 0 aromatic carbocycles. The second-order valence-corrected chi connectivity index (χ2v) is 6.53. The van der Waals surface area contributed by atoms with Gasteiger partial charge in [0, 0.05) is 25.1 Å². The van der Waals surface area contributed by atoms with Crippen LogP contribution in [0.1, 0.15) is 11.6 Å². The van der Waals surface area contributed by atoms with Crippen LogP contribution in [0.25, 0.3) is 0 Å². The summed E-state index contributed by atoms with van der Waals surface area (Å²) in [6, 6.07) is 1.91. The number of nitrogens with one attached hydrogen (secondary N) is 1. The fourth-order valence-electron chi connectivity index (χ4n) is 1.65. The van der Waals surface area contributed by atoms with Crippen LogP contribution in [-0.4, -0.2) is 35.3 Å². The van der Waals surface area contributed by atoms with Crippen LogP contribution in [0.2, 0.25) is 0 Å². The van der Waals surface area contributed by atoms with Gasteiger partial charge < -0.3 is 11.1 Å². The van der Waals surface area contributed by atoms with Gasteiger partial charge in [-0.3, -0.25) is 9.48 Å². The van der Waals surface area contributed by atoms with Crippen molar-refractivity contribution in [3.8, 4) is 0 Å². The van der Waals surface area contributed by atoms with Crippen LogP contribution in [0.4, 0.5) is 5.69 Å². The van der Waals surface area contributed by atoms with Crippen molar-refractivity contribution in [1.82, 2.24) is 14.8 Å². The van der Waals surface area contributed by atoms with Crippen LogP contribution in [0.3, 0.4) is 0 Å². The molecule has 9 heteroatoms. The van der Waals surface area contributed by atoms with Crippen molar-refractivity contribution < 1.29 is 13.2 Å². The fourth-order valence-corrected chi connectivity index (χ4v) is 2.21. The summed E-state index contributed by atoms with van der Waals surface area (Å²) in [5.41, 5.74) is 6.76. The molecule has 0 radical (unpaired) electrons. The standard InChI is InChI=1S/C12H15N5O3S/c1-17-7-8(5-15-17)11(13)12(18)16-9-3-4-10(14-6-9)21(2,19)20/h3-7,11H,13H2,1-2H3,(H,16,18). The number of amides is 1. The van der Waals surface area contributed by atoms with Crippen LogP contribution < -0.4 is 11.1 Å². The predicted octanol–water partition coefficient (Wildman–Crippen LogP) is -0.143. The predicted molar refractivity (Wildman–Crippen MR) is 76.1 cm³/mol. The molecule has 2 aromatic rings. The number of nitrogens with two attached hydrogens (primary N) is 1. The van der Waals surface area contributed by atoms with E-state index in [9.17, 15) is 13.2 Å². The van der Waals surface area contributed by atoms with Crippen molar-refractivity contribution in [2.75, 3.05) is 11.6 Å². The number of hydrogen-bond acceptors (Lipinski definition) is 6. The third kappa shape index (κ3) is 3.64. The lowest BCUT2D eigenvalue weighted by Gasteiger charge is -2.10. The van der Waals surface area contributed by atoms with Crippen molar-refractivity contribution in [3.05, 3.63) is 36.3 Å². The first kappa shape index (κ1) is 15.1. The summed E-state index contributed by atoms with van der Waals surface area (Å²) in [6.07, 6.45) is 5.49. The van der Waals surface area contributed by atoms with E-state index in [2.05, 4.69) is 15.4 Å². The third-order valence-electron chi connectivity index (χ3n) is 2.75. The Kier molecular flexibility index (Phi) is 4.05. The van der Waals surface area contributed by atoms with Crippen LogP contribution >= 0.6 is 0 Å². The Morgan fingerprint density at radius 1 is 1.38 bits per heavy atom. The van der Waals surface area contributed by atoms with Gasteiger partial charge in [0.1, 0.15) is 6.04 Å². The Labute approximate surface area is 121 Å². The van der Waals surface area contributed by atoms with Gasteiger partial charge in [0.15, 0.2) is 14.9 Å². The second kappa shape index (κ2) is 5.62. The lowest BCUT2D eigenvalue weighted by molar-refractivity contribution is -0.117. The highest BCUT2D eigenvalue weighted by molar-refractivity contribution is 7.90. The fraction of sp³-hybridized carbons (Fsp3) is 0.250. The average Bonchev–Trinajstić information content (AvgIpc) is 2.84. The normalized spacial score (nSPS) is 12.9. The molecule has 0 aliphatic heterocycles. The lowest BCUT2D eigenvalue weighted by Crippen LogP contribution is -2.27. The number of rotatable bonds is 4. The van der Waals surface area contributed by atoms with Gasteiger partial charge >= 0.3 is 0 Å². The molecule has 112 valence electrons. The monoisotopic (exact) mass is 309 g/mol. The van der Waals surface area contributed by atoms with E-state index < -0.39 is 21.8 Å². The van der Waals surface area contributed by atoms with Crippen molar-refractivity contribution >= 4 is 21.4 Å². The Hall–Kier alpha value is -2.26. The van der Waals surface area contributed by atoms with E-state index in [1.54, 1.807) is 17.9 Å². The van der Waals surface area contributed by atoms with Crippen LogP contribution in [-0.2, 0) is 21.7 Å². The Morgan fingerprint density at radius 3 is 2.57 bits per heavy atom. The zero-order valence-electron chi connectivity index (χ0n) is 11.5. The highest BCUT2D eigenvalue weighted by Crippen LogP contribution is 2.14. The first-order chi connectivity index (χ1) is 9.77. The summed E-state index contributed by atoms with van der Waals surface area (Å²) in [6.45, 7) is 0. The SMILES string of the molecule is Cn1cc(C(N)C(=O)Nc2ccc(S(C)(=O)=O)nc2)cn1. The van der Waals surface area contributed by atoms with E-state index in [1.165, 1.54) is 24.5 Å². The summed E-state index contributed by atoms with van der Waals surface area (Å²) >= 11 is 0. The quantitative estimate of drug-likeness (QED) is 0.811. The first-order valence-electron chi connectivity index (χ1n) is 5.98. The highest BCUT2D eigenvalue weighted by Gasteiger charge is 2.18. The molecular weight excluding hydrogens is 294 g/mol. The topological polar surface area (TPSA) is 120 Å². The van der Waals surface area contributed by atoms with Gasteiger partial charge in [-0.25, -0.2) is 13.4 Å². The van der Waals surface area contributed by atoms with Crippen LogP contribution in [0.15, 0.2) is 35.7 Å². The second-order valence-electron chi connectivity index (χ2n) is 4.57. The lowest BCUT2D eigenvalue weighted by atomic mass is 10.1. The summed E-state index contributed by atoms with van der Waals surface area (Å²) < 4.78 is 24.1. The van der Waals surface area contributed by atoms with Gasteiger partial charge in [-0.15, -0.1) is 0 Å². The maximum atomic E-state index is 12.0. The van der Waals surface area contributed by atoms with Gasteiger partial charge in [0.2, 0.25) is 5.91 Å². The van der Waals surface area contributed by atoms with Gasteiger partial charge in [0.25, 0.3) is 0 Å². The molecule has 2 aromatic heterocycles. The molecule has 1 unspecified atom stereocenters. The highest BCUT2D eigenvalue weighted by atomic mass is 32.2. The average molecular weight is 309 g/mol. The smallest absolute Gasteiger partial charge is 0.246 e. The maximum Gasteiger partial charge on any atom is 0.246 e. The van der Waals surface area contributed by atoms with Gasteiger partial charge in [-0.1, -0.05) is 0 Å². The summed E-state index contributed by atoms with van der Waals surface area (Å²) in [5.74, 6) is -0.433. The maximum absolute atomic E-state index is 12.0. The summed E-state index contributed by atoms with van der Waals surface area (Å²) in [5, 5.41) is 6.45. The molecule has 0 fully saturated rings. The zero-order valence-corrected chi connectivity index (χ0v) is 12.3. The summed E-state index contributed by atoms with van der Waals surface area (Å²) in [4.78, 5) is 15.8. The molecule has 0 spiro atoms. The molecular formula is C12H15N5O3S. The van der Waals surface area contributed by atoms with E-state index in [1.807, 2.05) is 0 Å². The molecule has 0 bridgehead atoms. The van der Waals surface area contributed by atoms with E-state index in [4.69, 9.17) is 5.73 Å². The minimum Gasteiger partial charge on any atom is -0.323 e. The number of pyridine rings is 1. The minimum atomic E-state index is -3.36. The summed E-state index contributed by atoms with van der Waals surface area (Å²) in [7, 11) is -1.64. The largest absolute Gasteiger partial charge is 0.323 e. The zero-order chi connectivity index (χ0) is 15.6. The van der Waals surface area contributed by atoms with E-state index in [0.29, 0.717) is 11.3 Å². The molecule has 3 N–H and O–H groups in total. The molecule has 1 amide bonds. The number of aryl methyl sites for hydroxylation is 1. The number of aromatic nitrogens is 3. The van der Waals surface area contributed by atoms with E-state index in [-0.39, 0.29) is 5.03 Å². The van der Waals surface area contributed by atoms with Crippen molar-refractivity contribution in [2.45, 2.75) is 11.1 Å². The molecule has 0 saturated heterocycles. The van der Waals surface area contributed by atoms with Crippen molar-refractivity contribution in [1.29, 1.82) is 0 Å². The van der Waals surface area contributed by atoms with Crippen LogP contribution in [0.5, 0.6) is 0 Å². The number of carbonyl (C=O) groups is 1. The van der Waals surface area contributed by atoms with E-state index in [0.717, 1.165) is 6.26 Å². The third-order valence-corrected chi connectivity index (χ3v) is 3.75.